The molecule has 1 fully saturated rings. The van der Waals surface area contributed by atoms with Gasteiger partial charge in [-0.3, -0.25) is 4.79 Å². The lowest BCUT2D eigenvalue weighted by molar-refractivity contribution is -0.123. The summed E-state index contributed by atoms with van der Waals surface area (Å²) in [5.74, 6) is -0.540. The highest BCUT2D eigenvalue weighted by Gasteiger charge is 2.32. The fourth-order valence-electron chi connectivity index (χ4n) is 3.57. The van der Waals surface area contributed by atoms with Crippen molar-refractivity contribution in [1.82, 2.24) is 4.31 Å². The fourth-order valence-corrected chi connectivity index (χ4v) is 5.16. The summed E-state index contributed by atoms with van der Waals surface area (Å²) in [5.41, 5.74) is 0.682. The Hall–Kier alpha value is -2.95. The summed E-state index contributed by atoms with van der Waals surface area (Å²) in [7, 11) is -3.72. The van der Waals surface area contributed by atoms with Crippen LogP contribution in [0.15, 0.2) is 53.4 Å². The molecule has 0 bridgehead atoms. The normalized spacial score (nSPS) is 19.8. The molecule has 0 aromatic heterocycles. The smallest absolute Gasteiger partial charge is 0.338 e. The number of benzene rings is 2. The molecule has 0 saturated carbocycles. The molecular weight excluding hydrogens is 460 g/mol. The van der Waals surface area contributed by atoms with E-state index in [1.54, 1.807) is 24.3 Å². The van der Waals surface area contributed by atoms with Crippen molar-refractivity contribution in [2.45, 2.75) is 50.9 Å². The standard InChI is InChI=1S/C24H30N2O7S/c1-5-31-21-10-8-20(9-11-21)25-23(27)18(4)33-24(28)19-6-12-22(13-7-19)34(29,30)26-14-16(2)32-17(3)15-26/h6-13,16-18H,5,14-15H2,1-4H3,(H,25,27). The molecule has 10 heteroatoms. The van der Waals surface area contributed by atoms with Crippen molar-refractivity contribution in [1.29, 1.82) is 0 Å². The van der Waals surface area contributed by atoms with Crippen LogP contribution in [0.5, 0.6) is 5.75 Å². The van der Waals surface area contributed by atoms with E-state index in [1.807, 2.05) is 20.8 Å². The van der Waals surface area contributed by atoms with Crippen LogP contribution in [-0.2, 0) is 24.3 Å². The summed E-state index contributed by atoms with van der Waals surface area (Å²) in [4.78, 5) is 24.9. The summed E-state index contributed by atoms with van der Waals surface area (Å²) in [6.45, 7) is 8.05. The number of hydrogen-bond donors (Lipinski definition) is 1. The van der Waals surface area contributed by atoms with Crippen molar-refractivity contribution in [3.05, 3.63) is 54.1 Å². The second-order valence-electron chi connectivity index (χ2n) is 8.10. The first-order valence-corrected chi connectivity index (χ1v) is 12.5. The molecule has 34 heavy (non-hydrogen) atoms. The molecule has 1 amide bonds. The maximum absolute atomic E-state index is 13.0. The highest BCUT2D eigenvalue weighted by atomic mass is 32.2. The van der Waals surface area contributed by atoms with E-state index in [2.05, 4.69) is 5.32 Å². The Morgan fingerprint density at radius 1 is 1.06 bits per heavy atom. The number of anilines is 1. The Balaban J connectivity index is 1.60. The van der Waals surface area contributed by atoms with Gasteiger partial charge in [-0.25, -0.2) is 13.2 Å². The minimum Gasteiger partial charge on any atom is -0.494 e. The summed E-state index contributed by atoms with van der Waals surface area (Å²) in [6, 6.07) is 12.3. The zero-order valence-corrected chi connectivity index (χ0v) is 20.5. The topological polar surface area (TPSA) is 111 Å². The number of nitrogens with zero attached hydrogens (tertiary/aromatic N) is 1. The lowest BCUT2D eigenvalue weighted by atomic mass is 10.2. The zero-order valence-electron chi connectivity index (χ0n) is 19.7. The molecule has 2 aromatic carbocycles. The fraction of sp³-hybridized carbons (Fsp3) is 0.417. The lowest BCUT2D eigenvalue weighted by Crippen LogP contribution is -2.48. The number of morpholine rings is 1. The monoisotopic (exact) mass is 490 g/mol. The van der Waals surface area contributed by atoms with Gasteiger partial charge in [-0.2, -0.15) is 4.31 Å². The predicted molar refractivity (Wildman–Crippen MR) is 126 cm³/mol. The molecule has 1 heterocycles. The van der Waals surface area contributed by atoms with Crippen LogP contribution in [-0.4, -0.2) is 62.6 Å². The third-order valence-corrected chi connectivity index (χ3v) is 7.05. The minimum absolute atomic E-state index is 0.0756. The van der Waals surface area contributed by atoms with Gasteiger partial charge in [-0.15, -0.1) is 0 Å². The SMILES string of the molecule is CCOc1ccc(NC(=O)C(C)OC(=O)c2ccc(S(=O)(=O)N3CC(C)OC(C)C3)cc2)cc1. The van der Waals surface area contributed by atoms with Crippen LogP contribution in [0, 0.1) is 0 Å². The van der Waals surface area contributed by atoms with Crippen LogP contribution in [0.2, 0.25) is 0 Å². The number of sulfonamides is 1. The number of rotatable bonds is 8. The number of carbonyl (C=O) groups is 2. The Kier molecular flexibility index (Phi) is 8.29. The minimum atomic E-state index is -3.72. The highest BCUT2D eigenvalue weighted by Crippen LogP contribution is 2.22. The second-order valence-corrected chi connectivity index (χ2v) is 10.0. The third kappa shape index (κ3) is 6.34. The first-order valence-electron chi connectivity index (χ1n) is 11.1. The van der Waals surface area contributed by atoms with Crippen LogP contribution < -0.4 is 10.1 Å². The van der Waals surface area contributed by atoms with Crippen molar-refractivity contribution in [3.8, 4) is 5.75 Å². The van der Waals surface area contributed by atoms with E-state index in [4.69, 9.17) is 14.2 Å². The molecule has 3 atom stereocenters. The Morgan fingerprint density at radius 2 is 1.65 bits per heavy atom. The molecule has 1 N–H and O–H groups in total. The molecular formula is C24H30N2O7S. The number of carbonyl (C=O) groups excluding carboxylic acids is 2. The van der Waals surface area contributed by atoms with Crippen molar-refractivity contribution >= 4 is 27.6 Å². The Morgan fingerprint density at radius 3 is 2.21 bits per heavy atom. The molecule has 0 spiro atoms. The number of hydrogen-bond acceptors (Lipinski definition) is 7. The number of nitrogens with one attached hydrogen (secondary N) is 1. The van der Waals surface area contributed by atoms with E-state index >= 15 is 0 Å². The van der Waals surface area contributed by atoms with Gasteiger partial charge in [0.1, 0.15) is 5.75 Å². The summed E-state index contributed by atoms with van der Waals surface area (Å²) >= 11 is 0. The van der Waals surface area contributed by atoms with Gasteiger partial charge in [-0.1, -0.05) is 0 Å². The van der Waals surface area contributed by atoms with Gasteiger partial charge >= 0.3 is 5.97 Å². The van der Waals surface area contributed by atoms with E-state index in [9.17, 15) is 18.0 Å². The van der Waals surface area contributed by atoms with E-state index in [-0.39, 0.29) is 35.8 Å². The van der Waals surface area contributed by atoms with Gasteiger partial charge in [0.2, 0.25) is 10.0 Å². The first kappa shape index (κ1) is 25.7. The number of esters is 1. The summed E-state index contributed by atoms with van der Waals surface area (Å²) in [6.07, 6.45) is -1.47. The summed E-state index contributed by atoms with van der Waals surface area (Å²) in [5, 5.41) is 2.67. The Labute approximate surface area is 200 Å². The van der Waals surface area contributed by atoms with E-state index in [1.165, 1.54) is 35.5 Å². The second kappa shape index (κ2) is 11.0. The van der Waals surface area contributed by atoms with E-state index in [0.717, 1.165) is 0 Å². The highest BCUT2D eigenvalue weighted by molar-refractivity contribution is 7.89. The molecule has 1 aliphatic rings. The average Bonchev–Trinajstić information content (AvgIpc) is 2.80. The maximum Gasteiger partial charge on any atom is 0.338 e. The van der Waals surface area contributed by atoms with Gasteiger partial charge in [0, 0.05) is 18.8 Å². The first-order chi connectivity index (χ1) is 16.1. The van der Waals surface area contributed by atoms with Gasteiger partial charge < -0.3 is 19.5 Å². The van der Waals surface area contributed by atoms with Crippen LogP contribution in [0.4, 0.5) is 5.69 Å². The molecule has 0 aliphatic carbocycles. The van der Waals surface area contributed by atoms with Crippen LogP contribution in [0.25, 0.3) is 0 Å². The van der Waals surface area contributed by atoms with E-state index in [0.29, 0.717) is 18.0 Å². The molecule has 0 radical (unpaired) electrons. The predicted octanol–water partition coefficient (Wildman–Crippen LogP) is 3.07. The van der Waals surface area contributed by atoms with Crippen molar-refractivity contribution in [3.63, 3.8) is 0 Å². The zero-order chi connectivity index (χ0) is 24.9. The van der Waals surface area contributed by atoms with Gasteiger partial charge in [-0.05, 0) is 76.2 Å². The van der Waals surface area contributed by atoms with Crippen molar-refractivity contribution in [2.24, 2.45) is 0 Å². The third-order valence-electron chi connectivity index (χ3n) is 5.20. The largest absolute Gasteiger partial charge is 0.494 e. The molecule has 2 aromatic rings. The molecule has 1 aliphatic heterocycles. The number of amides is 1. The lowest BCUT2D eigenvalue weighted by Gasteiger charge is -2.34. The van der Waals surface area contributed by atoms with Crippen LogP contribution >= 0.6 is 0 Å². The maximum atomic E-state index is 13.0. The van der Waals surface area contributed by atoms with Crippen molar-refractivity contribution < 1.29 is 32.2 Å². The van der Waals surface area contributed by atoms with Gasteiger partial charge in [0.05, 0.1) is 29.3 Å². The molecule has 184 valence electrons. The summed E-state index contributed by atoms with van der Waals surface area (Å²) < 4.78 is 43.5. The number of ether oxygens (including phenoxy) is 3. The van der Waals surface area contributed by atoms with Crippen LogP contribution in [0.1, 0.15) is 38.1 Å². The molecule has 9 nitrogen and oxygen atoms in total. The molecule has 1 saturated heterocycles. The molecule has 3 rings (SSSR count). The quantitative estimate of drug-likeness (QED) is 0.566. The van der Waals surface area contributed by atoms with Gasteiger partial charge in [0.25, 0.3) is 5.91 Å². The average molecular weight is 491 g/mol. The van der Waals surface area contributed by atoms with Crippen molar-refractivity contribution in [2.75, 3.05) is 25.0 Å². The Bertz CT molecular complexity index is 1090. The van der Waals surface area contributed by atoms with Crippen LogP contribution in [0.3, 0.4) is 0 Å². The van der Waals surface area contributed by atoms with E-state index < -0.39 is 28.0 Å². The van der Waals surface area contributed by atoms with Gasteiger partial charge in [0.15, 0.2) is 6.10 Å². The molecule has 3 unspecified atom stereocenters.